The molecule has 20 heavy (non-hydrogen) atoms. The minimum Gasteiger partial charge on any atom is -0.469 e. The van der Waals surface area contributed by atoms with Gasteiger partial charge in [-0.15, -0.1) is 0 Å². The number of methoxy groups -OCH3 is 1. The van der Waals surface area contributed by atoms with Crippen molar-refractivity contribution in [3.05, 3.63) is 29.8 Å². The first-order valence-electron chi connectivity index (χ1n) is 6.80. The van der Waals surface area contributed by atoms with Gasteiger partial charge in [0, 0.05) is 18.7 Å². The minimum absolute atomic E-state index is 0.144. The van der Waals surface area contributed by atoms with E-state index in [1.807, 2.05) is 31.2 Å². The van der Waals surface area contributed by atoms with Gasteiger partial charge in [0.2, 0.25) is 0 Å². The van der Waals surface area contributed by atoms with Crippen LogP contribution in [0.2, 0.25) is 0 Å². The predicted octanol–water partition coefficient (Wildman–Crippen LogP) is 3.01. The summed E-state index contributed by atoms with van der Waals surface area (Å²) in [6.07, 6.45) is 3.30. The second-order valence-corrected chi connectivity index (χ2v) is 5.05. The van der Waals surface area contributed by atoms with Crippen molar-refractivity contribution in [2.24, 2.45) is 0 Å². The molecule has 0 radical (unpaired) electrons. The molecule has 0 saturated carbocycles. The highest BCUT2D eigenvalue weighted by molar-refractivity contribution is 7.80. The second kappa shape index (κ2) is 9.31. The smallest absolute Gasteiger partial charge is 0.305 e. The van der Waals surface area contributed by atoms with E-state index in [4.69, 9.17) is 12.2 Å². The summed E-state index contributed by atoms with van der Waals surface area (Å²) in [6.45, 7) is 2.85. The highest BCUT2D eigenvalue weighted by Crippen LogP contribution is 2.09. The molecule has 1 rings (SSSR count). The van der Waals surface area contributed by atoms with Gasteiger partial charge in [-0.3, -0.25) is 4.79 Å². The summed E-state index contributed by atoms with van der Waals surface area (Å²) >= 11 is 5.22. The van der Waals surface area contributed by atoms with Crippen LogP contribution in [0.25, 0.3) is 0 Å². The van der Waals surface area contributed by atoms with Crippen molar-refractivity contribution < 1.29 is 9.53 Å². The molecule has 0 aliphatic heterocycles. The first-order chi connectivity index (χ1) is 9.61. The number of ether oxygens (including phenoxy) is 1. The van der Waals surface area contributed by atoms with E-state index in [2.05, 4.69) is 15.4 Å². The molecule has 110 valence electrons. The molecule has 0 unspecified atom stereocenters. The van der Waals surface area contributed by atoms with Crippen LogP contribution in [0.4, 0.5) is 5.69 Å². The SMILES string of the molecule is COC(=O)CCCCCNC(=S)Nc1cccc(C)c1. The summed E-state index contributed by atoms with van der Waals surface area (Å²) in [5, 5.41) is 6.93. The third-order valence-corrected chi connectivity index (χ3v) is 3.09. The number of anilines is 1. The van der Waals surface area contributed by atoms with E-state index >= 15 is 0 Å². The number of thiocarbonyl (C=S) groups is 1. The third-order valence-electron chi connectivity index (χ3n) is 2.85. The van der Waals surface area contributed by atoms with Crippen LogP contribution in [-0.2, 0) is 9.53 Å². The number of aryl methyl sites for hydroxylation is 1. The van der Waals surface area contributed by atoms with Crippen molar-refractivity contribution in [2.45, 2.75) is 32.6 Å². The quantitative estimate of drug-likeness (QED) is 0.460. The lowest BCUT2D eigenvalue weighted by Gasteiger charge is -2.10. The van der Waals surface area contributed by atoms with Gasteiger partial charge in [0.25, 0.3) is 0 Å². The average Bonchev–Trinajstić information content (AvgIpc) is 2.42. The van der Waals surface area contributed by atoms with Gasteiger partial charge in [0.1, 0.15) is 0 Å². The molecule has 5 heteroatoms. The minimum atomic E-state index is -0.144. The molecule has 4 nitrogen and oxygen atoms in total. The Morgan fingerprint density at radius 2 is 2.10 bits per heavy atom. The Hall–Kier alpha value is -1.62. The Labute approximate surface area is 125 Å². The van der Waals surface area contributed by atoms with E-state index in [1.165, 1.54) is 12.7 Å². The molecule has 0 bridgehead atoms. The van der Waals surface area contributed by atoms with E-state index in [9.17, 15) is 4.79 Å². The van der Waals surface area contributed by atoms with Crippen molar-refractivity contribution in [1.82, 2.24) is 5.32 Å². The lowest BCUT2D eigenvalue weighted by Crippen LogP contribution is -2.29. The molecule has 0 aromatic heterocycles. The molecule has 1 aromatic carbocycles. The van der Waals surface area contributed by atoms with E-state index in [1.54, 1.807) is 0 Å². The van der Waals surface area contributed by atoms with Crippen LogP contribution in [0.3, 0.4) is 0 Å². The second-order valence-electron chi connectivity index (χ2n) is 4.64. The molecule has 0 atom stereocenters. The van der Waals surface area contributed by atoms with E-state index < -0.39 is 0 Å². The Balaban J connectivity index is 2.10. The molecule has 0 fully saturated rings. The van der Waals surface area contributed by atoms with Gasteiger partial charge < -0.3 is 15.4 Å². The summed E-state index contributed by atoms with van der Waals surface area (Å²) in [5.41, 5.74) is 2.19. The van der Waals surface area contributed by atoms with Gasteiger partial charge in [-0.2, -0.15) is 0 Å². The van der Waals surface area contributed by atoms with Gasteiger partial charge in [0.05, 0.1) is 7.11 Å². The van der Waals surface area contributed by atoms with Crippen LogP contribution in [0, 0.1) is 6.92 Å². The highest BCUT2D eigenvalue weighted by atomic mass is 32.1. The molecule has 0 saturated heterocycles. The number of rotatable bonds is 7. The van der Waals surface area contributed by atoms with Crippen molar-refractivity contribution in [2.75, 3.05) is 19.0 Å². The lowest BCUT2D eigenvalue weighted by molar-refractivity contribution is -0.140. The molecule has 0 heterocycles. The van der Waals surface area contributed by atoms with Crippen LogP contribution in [0.5, 0.6) is 0 Å². The van der Waals surface area contributed by atoms with Crippen LogP contribution < -0.4 is 10.6 Å². The Bertz CT molecular complexity index is 449. The predicted molar refractivity (Wildman–Crippen MR) is 85.9 cm³/mol. The average molecular weight is 294 g/mol. The largest absolute Gasteiger partial charge is 0.469 e. The van der Waals surface area contributed by atoms with Gasteiger partial charge in [-0.05, 0) is 49.7 Å². The first kappa shape index (κ1) is 16.4. The fourth-order valence-corrected chi connectivity index (χ4v) is 1.99. The maximum Gasteiger partial charge on any atom is 0.305 e. The van der Waals surface area contributed by atoms with Crippen LogP contribution >= 0.6 is 12.2 Å². The zero-order valence-corrected chi connectivity index (χ0v) is 12.9. The monoisotopic (exact) mass is 294 g/mol. The Morgan fingerprint density at radius 3 is 2.80 bits per heavy atom. The summed E-state index contributed by atoms with van der Waals surface area (Å²) < 4.78 is 4.59. The zero-order chi connectivity index (χ0) is 14.8. The summed E-state index contributed by atoms with van der Waals surface area (Å²) in [4.78, 5) is 10.9. The van der Waals surface area contributed by atoms with E-state index in [0.29, 0.717) is 11.5 Å². The number of nitrogens with one attached hydrogen (secondary N) is 2. The van der Waals surface area contributed by atoms with Gasteiger partial charge in [-0.1, -0.05) is 18.6 Å². The first-order valence-corrected chi connectivity index (χ1v) is 7.21. The number of carbonyl (C=O) groups excluding carboxylic acids is 1. The molecule has 0 spiro atoms. The number of benzene rings is 1. The topological polar surface area (TPSA) is 50.4 Å². The van der Waals surface area contributed by atoms with Gasteiger partial charge in [0.15, 0.2) is 5.11 Å². The van der Waals surface area contributed by atoms with Crippen molar-refractivity contribution in [3.8, 4) is 0 Å². The maximum atomic E-state index is 10.9. The zero-order valence-electron chi connectivity index (χ0n) is 12.1. The summed E-state index contributed by atoms with van der Waals surface area (Å²) in [5.74, 6) is -0.144. The number of esters is 1. The Kier molecular flexibility index (Phi) is 7.65. The molecule has 2 N–H and O–H groups in total. The molecule has 0 aliphatic rings. The van der Waals surface area contributed by atoms with Crippen molar-refractivity contribution in [1.29, 1.82) is 0 Å². The fraction of sp³-hybridized carbons (Fsp3) is 0.467. The van der Waals surface area contributed by atoms with Gasteiger partial charge >= 0.3 is 5.97 Å². The summed E-state index contributed by atoms with van der Waals surface area (Å²) in [6, 6.07) is 8.07. The molecule has 0 aliphatic carbocycles. The number of hydrogen-bond donors (Lipinski definition) is 2. The fourth-order valence-electron chi connectivity index (χ4n) is 1.77. The van der Waals surface area contributed by atoms with Crippen LogP contribution in [-0.4, -0.2) is 24.7 Å². The molecule has 1 aromatic rings. The molecular formula is C15H22N2O2S. The van der Waals surface area contributed by atoms with Crippen LogP contribution in [0.15, 0.2) is 24.3 Å². The molecular weight excluding hydrogens is 272 g/mol. The number of hydrogen-bond acceptors (Lipinski definition) is 3. The summed E-state index contributed by atoms with van der Waals surface area (Å²) in [7, 11) is 1.42. The van der Waals surface area contributed by atoms with Crippen molar-refractivity contribution in [3.63, 3.8) is 0 Å². The van der Waals surface area contributed by atoms with Crippen LogP contribution in [0.1, 0.15) is 31.2 Å². The van der Waals surface area contributed by atoms with E-state index in [-0.39, 0.29) is 5.97 Å². The van der Waals surface area contributed by atoms with E-state index in [0.717, 1.165) is 31.5 Å². The number of carbonyl (C=O) groups is 1. The Morgan fingerprint density at radius 1 is 1.30 bits per heavy atom. The molecule has 0 amide bonds. The van der Waals surface area contributed by atoms with Crippen molar-refractivity contribution >= 4 is 29.0 Å². The number of unbranched alkanes of at least 4 members (excludes halogenated alkanes) is 2. The highest BCUT2D eigenvalue weighted by Gasteiger charge is 2.00. The maximum absolute atomic E-state index is 10.9. The lowest BCUT2D eigenvalue weighted by atomic mass is 10.2. The normalized spacial score (nSPS) is 9.90. The third kappa shape index (κ3) is 7.09. The standard InChI is InChI=1S/C15H22N2O2S/c1-12-7-6-8-13(11-12)17-15(20)16-10-5-3-4-9-14(18)19-2/h6-8,11H,3-5,9-10H2,1-2H3,(H2,16,17,20). The van der Waals surface area contributed by atoms with Gasteiger partial charge in [-0.25, -0.2) is 0 Å².